The zero-order valence-electron chi connectivity index (χ0n) is 44.3. The van der Waals surface area contributed by atoms with Crippen LogP contribution in [0.4, 0.5) is 0 Å². The second-order valence-electron chi connectivity index (χ2n) is 21.7. The van der Waals surface area contributed by atoms with Crippen molar-refractivity contribution in [3.63, 3.8) is 0 Å². The van der Waals surface area contributed by atoms with Crippen molar-refractivity contribution in [2.45, 2.75) is 25.2 Å². The largest absolute Gasteiger partial charge is 0.456 e. The zero-order valence-corrected chi connectivity index (χ0v) is 47.5. The first-order valence-electron chi connectivity index (χ1n) is 28.0. The summed E-state index contributed by atoms with van der Waals surface area (Å²) in [7, 11) is 0. The van der Waals surface area contributed by atoms with Gasteiger partial charge in [0, 0.05) is 25.6 Å². The monoisotopic (exact) mass is 1160 g/mol. The van der Waals surface area contributed by atoms with Gasteiger partial charge in [0.2, 0.25) is 0 Å². The molecule has 0 spiro atoms. The van der Waals surface area contributed by atoms with Gasteiger partial charge < -0.3 is 4.42 Å². The Morgan fingerprint density at radius 2 is 0.889 bits per heavy atom. The molecule has 0 amide bonds. The van der Waals surface area contributed by atoms with Crippen LogP contribution in [-0.4, -0.2) is 0 Å². The third kappa shape index (κ3) is 9.31. The van der Waals surface area contributed by atoms with Crippen LogP contribution in [0.25, 0.3) is 123 Å². The first-order valence-corrected chi connectivity index (χ1v) is 29.5. The van der Waals surface area contributed by atoms with Crippen LogP contribution in [0.1, 0.15) is 45.7 Å². The molecular weight excluding hydrogens is 1110 g/mol. The van der Waals surface area contributed by atoms with Gasteiger partial charge in [0.05, 0.1) is 0 Å². The molecule has 2 aliphatic carbocycles. The maximum Gasteiger partial charge on any atom is 0.135 e. The summed E-state index contributed by atoms with van der Waals surface area (Å²) in [6.07, 6.45) is 5.24. The van der Waals surface area contributed by atoms with E-state index in [2.05, 4.69) is 293 Å². The number of benzene rings is 12. The second-order valence-corrected chi connectivity index (χ2v) is 23.6. The minimum atomic E-state index is 0.327. The van der Waals surface area contributed by atoms with Crippen molar-refractivity contribution in [3.05, 3.63) is 309 Å². The molecule has 0 saturated carbocycles. The van der Waals surface area contributed by atoms with Crippen LogP contribution < -0.4 is 0 Å². The van der Waals surface area contributed by atoms with Gasteiger partial charge in [0.15, 0.2) is 0 Å². The van der Waals surface area contributed by atoms with E-state index < -0.39 is 0 Å². The highest BCUT2D eigenvalue weighted by atomic mass is 79.9. The average Bonchev–Trinajstić information content (AvgIpc) is 4.29. The third-order valence-electron chi connectivity index (χ3n) is 16.9. The van der Waals surface area contributed by atoms with Gasteiger partial charge in [-0.3, -0.25) is 0 Å². The number of halogens is 2. The summed E-state index contributed by atoms with van der Waals surface area (Å²) >= 11 is 7.28. The lowest BCUT2D eigenvalue weighted by Gasteiger charge is -2.26. The van der Waals surface area contributed by atoms with Gasteiger partial charge >= 0.3 is 0 Å². The lowest BCUT2D eigenvalue weighted by molar-refractivity contribution is 0.669. The fourth-order valence-electron chi connectivity index (χ4n) is 12.9. The van der Waals surface area contributed by atoms with E-state index in [-0.39, 0.29) is 0 Å². The van der Waals surface area contributed by atoms with Gasteiger partial charge in [-0.25, -0.2) is 0 Å². The van der Waals surface area contributed by atoms with Crippen molar-refractivity contribution in [1.29, 1.82) is 0 Å². The van der Waals surface area contributed by atoms with E-state index in [0.717, 1.165) is 55.7 Å². The van der Waals surface area contributed by atoms with Crippen LogP contribution in [0, 0.1) is 0 Å². The molecule has 1 unspecified atom stereocenters. The summed E-state index contributed by atoms with van der Waals surface area (Å²) < 4.78 is 8.36. The first-order chi connectivity index (χ1) is 39.9. The maximum absolute atomic E-state index is 6.23. The molecule has 0 saturated heterocycles. The summed E-state index contributed by atoms with van der Waals surface area (Å²) in [5, 5.41) is 2.23. The van der Waals surface area contributed by atoms with Gasteiger partial charge in [0.1, 0.15) is 11.2 Å². The van der Waals surface area contributed by atoms with E-state index in [1.165, 1.54) is 122 Å². The minimum Gasteiger partial charge on any atom is -0.456 e. The summed E-state index contributed by atoms with van der Waals surface area (Å²) in [5.74, 6) is 0.327. The molecule has 0 radical (unpaired) electrons. The van der Waals surface area contributed by atoms with Crippen LogP contribution in [0.5, 0.6) is 0 Å². The summed E-state index contributed by atoms with van der Waals surface area (Å²) in [6, 6.07) is 98.7. The van der Waals surface area contributed by atoms with Gasteiger partial charge in [-0.05, 0) is 220 Å². The van der Waals surface area contributed by atoms with Crippen molar-refractivity contribution in [2.24, 2.45) is 0 Å². The van der Waals surface area contributed by atoms with Crippen LogP contribution in [0.2, 0.25) is 0 Å². The molecule has 81 heavy (non-hydrogen) atoms. The Morgan fingerprint density at radius 3 is 1.65 bits per heavy atom. The predicted octanol–water partition coefficient (Wildman–Crippen LogP) is 22.6. The highest BCUT2D eigenvalue weighted by Gasteiger charge is 2.29. The first kappa shape index (κ1) is 49.2. The molecule has 13 aromatic rings. The highest BCUT2D eigenvalue weighted by molar-refractivity contribution is 9.10. The standard InChI is InChI=1S/C78H52Br2O/c79-64-31-26-51(27-32-64)53-15-7-16-54(41-53)58-29-36-71-70(68-22-4-5-23-69(68)72(71)45-58)34-25-50-13-6-14-52(39-50)57-19-9-20-61(43-57)67-24-10-21-62-44-63(40-49-11-2-1-3-12-49)66-35-28-59(47-75(66)78(62)67)55-17-8-18-56(42-55)60-30-37-76-73(46-60)74-48-65(80)33-38-77(74)81-76/h1-24,26-33,35-43,45-48,70H,25,34,44H2. The summed E-state index contributed by atoms with van der Waals surface area (Å²) in [5.41, 5.74) is 31.0. The van der Waals surface area contributed by atoms with Gasteiger partial charge in [-0.2, -0.15) is 0 Å². The molecule has 1 heterocycles. The van der Waals surface area contributed by atoms with E-state index >= 15 is 0 Å². The predicted molar refractivity (Wildman–Crippen MR) is 347 cm³/mol. The second kappa shape index (κ2) is 20.7. The number of hydrogen-bond donors (Lipinski definition) is 0. The number of fused-ring (bicyclic) bond motifs is 9. The molecule has 1 nitrogen and oxygen atoms in total. The molecule has 12 aromatic carbocycles. The molecular formula is C78H52Br2O. The SMILES string of the molecule is Brc1ccc(-c2cccc(-c3ccc4c(c3)-c3ccccc3C4CCc3cccc(-c4cccc(-c5cccc6c5-c5cc(-c7cccc(-c8ccc9oc%10ccc(Br)cc%10c9c8)c7)ccc5C(=Cc5ccccc5)C6)c4)c3)c2)cc1. The van der Waals surface area contributed by atoms with Crippen molar-refractivity contribution in [3.8, 4) is 89.0 Å². The number of hydrogen-bond acceptors (Lipinski definition) is 1. The molecule has 1 aromatic heterocycles. The van der Waals surface area contributed by atoms with Crippen LogP contribution in [0.3, 0.4) is 0 Å². The Hall–Kier alpha value is -8.86. The fourth-order valence-corrected chi connectivity index (χ4v) is 13.5. The maximum atomic E-state index is 6.23. The Kier molecular flexibility index (Phi) is 12.6. The Bertz CT molecular complexity index is 4640. The Labute approximate surface area is 489 Å². The molecule has 0 fully saturated rings. The number of allylic oxidation sites excluding steroid dienone is 1. The zero-order chi connectivity index (χ0) is 54.0. The topological polar surface area (TPSA) is 13.1 Å². The number of furan rings is 1. The smallest absolute Gasteiger partial charge is 0.135 e. The van der Waals surface area contributed by atoms with E-state index in [1.807, 2.05) is 12.1 Å². The quantitative estimate of drug-likeness (QED) is 0.133. The molecule has 1 atom stereocenters. The Balaban J connectivity index is 0.740. The van der Waals surface area contributed by atoms with Crippen LogP contribution in [-0.2, 0) is 12.8 Å². The minimum absolute atomic E-state index is 0.327. The molecule has 3 heteroatoms. The highest BCUT2D eigenvalue weighted by Crippen LogP contribution is 2.50. The molecule has 2 aliphatic rings. The van der Waals surface area contributed by atoms with E-state index in [1.54, 1.807) is 0 Å². The van der Waals surface area contributed by atoms with E-state index in [0.29, 0.717) is 5.92 Å². The van der Waals surface area contributed by atoms with Gasteiger partial charge in [-0.1, -0.05) is 232 Å². The fraction of sp³-hybridized carbons (Fsp3) is 0.0513. The molecule has 0 aliphatic heterocycles. The molecule has 384 valence electrons. The summed E-state index contributed by atoms with van der Waals surface area (Å²) in [6.45, 7) is 0. The third-order valence-corrected chi connectivity index (χ3v) is 17.9. The van der Waals surface area contributed by atoms with Crippen LogP contribution >= 0.6 is 31.9 Å². The van der Waals surface area contributed by atoms with Gasteiger partial charge in [-0.15, -0.1) is 0 Å². The molecule has 15 rings (SSSR count). The van der Waals surface area contributed by atoms with Crippen molar-refractivity contribution in [2.75, 3.05) is 0 Å². The van der Waals surface area contributed by atoms with Crippen molar-refractivity contribution >= 4 is 65.4 Å². The number of aryl methyl sites for hydroxylation is 1. The van der Waals surface area contributed by atoms with Crippen molar-refractivity contribution in [1.82, 2.24) is 0 Å². The van der Waals surface area contributed by atoms with Crippen molar-refractivity contribution < 1.29 is 4.42 Å². The number of rotatable bonds is 10. The normalized spacial score (nSPS) is 13.8. The Morgan fingerprint density at radius 1 is 0.358 bits per heavy atom. The summed E-state index contributed by atoms with van der Waals surface area (Å²) in [4.78, 5) is 0. The molecule has 0 bridgehead atoms. The van der Waals surface area contributed by atoms with E-state index in [9.17, 15) is 0 Å². The average molecular weight is 1170 g/mol. The van der Waals surface area contributed by atoms with Crippen LogP contribution in [0.15, 0.2) is 280 Å². The van der Waals surface area contributed by atoms with E-state index in [4.69, 9.17) is 4.42 Å². The lowest BCUT2D eigenvalue weighted by atomic mass is 9.77. The lowest BCUT2D eigenvalue weighted by Crippen LogP contribution is -2.05. The molecule has 0 N–H and O–H groups in total. The van der Waals surface area contributed by atoms with Gasteiger partial charge in [0.25, 0.3) is 0 Å².